The number of alkyl halides is 2. The van der Waals surface area contributed by atoms with Gasteiger partial charge in [-0.3, -0.25) is 15.0 Å². The molecular weight excluding hydrogens is 355 g/mol. The summed E-state index contributed by atoms with van der Waals surface area (Å²) < 4.78 is 40.5. The highest BCUT2D eigenvalue weighted by atomic mass is 35.5. The van der Waals surface area contributed by atoms with Gasteiger partial charge in [-0.2, -0.15) is 0 Å². The number of hydrogen-bond acceptors (Lipinski definition) is 3. The second-order valence-corrected chi connectivity index (χ2v) is 7.05. The van der Waals surface area contributed by atoms with Crippen molar-refractivity contribution in [3.8, 4) is 0 Å². The Balaban J connectivity index is 1.75. The van der Waals surface area contributed by atoms with Crippen LogP contribution >= 0.6 is 11.6 Å². The molecule has 0 spiro atoms. The van der Waals surface area contributed by atoms with E-state index in [0.29, 0.717) is 6.42 Å². The van der Waals surface area contributed by atoms with Gasteiger partial charge in [0.2, 0.25) is 5.91 Å². The molecule has 2 aliphatic heterocycles. The van der Waals surface area contributed by atoms with Gasteiger partial charge in [-0.05, 0) is 30.7 Å². The summed E-state index contributed by atoms with van der Waals surface area (Å²) in [6.45, 7) is 2.98. The smallest absolute Gasteiger partial charge is 0.262 e. The van der Waals surface area contributed by atoms with Crippen molar-refractivity contribution < 1.29 is 18.0 Å². The number of likely N-dealkylation sites (tertiary alicyclic amines) is 1. The van der Waals surface area contributed by atoms with Gasteiger partial charge in [-0.25, -0.2) is 13.2 Å². The first-order valence-electron chi connectivity index (χ1n) is 8.41. The SMILES string of the molecule is CCN1CCC(NC(=O)C2CC(F)(F)CN2)C1c1ccc(Cl)c(F)c1. The molecule has 2 saturated heterocycles. The molecular formula is C17H21ClF3N3O. The predicted octanol–water partition coefficient (Wildman–Crippen LogP) is 2.73. The van der Waals surface area contributed by atoms with Gasteiger partial charge in [-0.1, -0.05) is 24.6 Å². The molecule has 0 radical (unpaired) electrons. The van der Waals surface area contributed by atoms with E-state index in [1.807, 2.05) is 6.92 Å². The minimum absolute atomic E-state index is 0.0442. The molecule has 2 aliphatic rings. The van der Waals surface area contributed by atoms with Gasteiger partial charge in [-0.15, -0.1) is 0 Å². The first-order valence-corrected chi connectivity index (χ1v) is 8.79. The number of amides is 1. The Kier molecular flexibility index (Phi) is 5.27. The first-order chi connectivity index (χ1) is 11.8. The maximum Gasteiger partial charge on any atom is 0.262 e. The molecule has 3 atom stereocenters. The van der Waals surface area contributed by atoms with E-state index < -0.39 is 36.7 Å². The quantitative estimate of drug-likeness (QED) is 0.850. The molecule has 1 aromatic rings. The van der Waals surface area contributed by atoms with Crippen molar-refractivity contribution in [2.45, 2.75) is 43.8 Å². The fraction of sp³-hybridized carbons (Fsp3) is 0.588. The lowest BCUT2D eigenvalue weighted by molar-refractivity contribution is -0.124. The third kappa shape index (κ3) is 3.93. The molecule has 1 amide bonds. The molecule has 0 bridgehead atoms. The van der Waals surface area contributed by atoms with Gasteiger partial charge in [0.05, 0.1) is 23.7 Å². The molecule has 0 aliphatic carbocycles. The van der Waals surface area contributed by atoms with Crippen molar-refractivity contribution in [1.29, 1.82) is 0 Å². The Hall–Kier alpha value is -1.31. The average Bonchev–Trinajstić information content (AvgIpc) is 3.13. The molecule has 3 unspecified atom stereocenters. The number of halogens is 4. The Bertz CT molecular complexity index is 658. The molecule has 8 heteroatoms. The summed E-state index contributed by atoms with van der Waals surface area (Å²) in [6, 6.07) is 3.25. The molecule has 1 aromatic carbocycles. The number of carbonyl (C=O) groups excluding carboxylic acids is 1. The zero-order valence-electron chi connectivity index (χ0n) is 13.9. The van der Waals surface area contributed by atoms with Crippen LogP contribution in [0.15, 0.2) is 18.2 Å². The average molecular weight is 376 g/mol. The van der Waals surface area contributed by atoms with E-state index in [1.54, 1.807) is 6.07 Å². The highest BCUT2D eigenvalue weighted by Crippen LogP contribution is 2.34. The summed E-state index contributed by atoms with van der Waals surface area (Å²) in [5.41, 5.74) is 0.719. The Labute approximate surface area is 149 Å². The number of nitrogens with one attached hydrogen (secondary N) is 2. The number of rotatable bonds is 4. The zero-order valence-corrected chi connectivity index (χ0v) is 14.6. The molecule has 3 rings (SSSR count). The molecule has 0 saturated carbocycles. The molecule has 2 fully saturated rings. The zero-order chi connectivity index (χ0) is 18.2. The van der Waals surface area contributed by atoms with Crippen molar-refractivity contribution >= 4 is 17.5 Å². The Morgan fingerprint density at radius 2 is 2.24 bits per heavy atom. The van der Waals surface area contributed by atoms with E-state index in [2.05, 4.69) is 15.5 Å². The van der Waals surface area contributed by atoms with Gasteiger partial charge < -0.3 is 5.32 Å². The highest BCUT2D eigenvalue weighted by molar-refractivity contribution is 6.30. The van der Waals surface area contributed by atoms with E-state index in [-0.39, 0.29) is 17.1 Å². The third-order valence-electron chi connectivity index (χ3n) is 4.95. The summed E-state index contributed by atoms with van der Waals surface area (Å²) in [6.07, 6.45) is 0.181. The molecule has 138 valence electrons. The van der Waals surface area contributed by atoms with E-state index in [9.17, 15) is 18.0 Å². The molecule has 25 heavy (non-hydrogen) atoms. The van der Waals surface area contributed by atoms with E-state index in [0.717, 1.165) is 18.7 Å². The van der Waals surface area contributed by atoms with Crippen LogP contribution in [0.3, 0.4) is 0 Å². The van der Waals surface area contributed by atoms with E-state index in [4.69, 9.17) is 11.6 Å². The van der Waals surface area contributed by atoms with E-state index in [1.165, 1.54) is 12.1 Å². The van der Waals surface area contributed by atoms with Gasteiger partial charge in [0.1, 0.15) is 5.82 Å². The topological polar surface area (TPSA) is 44.4 Å². The lowest BCUT2D eigenvalue weighted by atomic mass is 9.99. The fourth-order valence-corrected chi connectivity index (χ4v) is 3.80. The molecule has 4 nitrogen and oxygen atoms in total. The number of likely N-dealkylation sites (N-methyl/N-ethyl adjacent to an activating group) is 1. The molecule has 2 heterocycles. The molecule has 0 aromatic heterocycles. The van der Waals surface area contributed by atoms with Crippen LogP contribution in [0.25, 0.3) is 0 Å². The third-order valence-corrected chi connectivity index (χ3v) is 5.25. The minimum Gasteiger partial charge on any atom is -0.350 e. The van der Waals surface area contributed by atoms with Crippen molar-refractivity contribution in [2.75, 3.05) is 19.6 Å². The number of nitrogens with zero attached hydrogens (tertiary/aromatic N) is 1. The molecule has 2 N–H and O–H groups in total. The van der Waals surface area contributed by atoms with Crippen molar-refractivity contribution in [2.24, 2.45) is 0 Å². The second-order valence-electron chi connectivity index (χ2n) is 6.64. The predicted molar refractivity (Wildman–Crippen MR) is 89.3 cm³/mol. The number of benzene rings is 1. The summed E-state index contributed by atoms with van der Waals surface area (Å²) in [5, 5.41) is 5.48. The van der Waals surface area contributed by atoms with Crippen LogP contribution in [0.5, 0.6) is 0 Å². The van der Waals surface area contributed by atoms with Gasteiger partial charge >= 0.3 is 0 Å². The summed E-state index contributed by atoms with van der Waals surface area (Å²) >= 11 is 5.75. The maximum absolute atomic E-state index is 13.9. The van der Waals surface area contributed by atoms with Crippen LogP contribution in [-0.4, -0.2) is 48.4 Å². The normalized spacial score (nSPS) is 29.1. The standard InChI is InChI=1S/C17H21ClF3N3O/c1-2-24-6-5-13(15(24)10-3-4-11(18)12(19)7-10)23-16(25)14-8-17(20,21)9-22-14/h3-4,7,13-15,22H,2,5-6,8-9H2,1H3,(H,23,25). The van der Waals surface area contributed by atoms with Crippen molar-refractivity contribution in [3.05, 3.63) is 34.6 Å². The number of carbonyl (C=O) groups is 1. The lowest BCUT2D eigenvalue weighted by Crippen LogP contribution is -2.47. The van der Waals surface area contributed by atoms with Gasteiger partial charge in [0.25, 0.3) is 5.92 Å². The monoisotopic (exact) mass is 375 g/mol. The van der Waals surface area contributed by atoms with Crippen LogP contribution in [0.4, 0.5) is 13.2 Å². The highest BCUT2D eigenvalue weighted by Gasteiger charge is 2.44. The van der Waals surface area contributed by atoms with Crippen molar-refractivity contribution in [3.63, 3.8) is 0 Å². The van der Waals surface area contributed by atoms with Crippen LogP contribution in [-0.2, 0) is 4.79 Å². The summed E-state index contributed by atoms with van der Waals surface area (Å²) in [5.74, 6) is -3.80. The Morgan fingerprint density at radius 3 is 2.84 bits per heavy atom. The maximum atomic E-state index is 13.9. The van der Waals surface area contributed by atoms with Crippen LogP contribution < -0.4 is 10.6 Å². The first kappa shape index (κ1) is 18.5. The van der Waals surface area contributed by atoms with Gasteiger partial charge in [0, 0.05) is 19.0 Å². The van der Waals surface area contributed by atoms with Crippen LogP contribution in [0.2, 0.25) is 5.02 Å². The fourth-order valence-electron chi connectivity index (χ4n) is 3.69. The lowest BCUT2D eigenvalue weighted by Gasteiger charge is -2.29. The second kappa shape index (κ2) is 7.13. The van der Waals surface area contributed by atoms with E-state index >= 15 is 0 Å². The summed E-state index contributed by atoms with van der Waals surface area (Å²) in [4.78, 5) is 14.5. The summed E-state index contributed by atoms with van der Waals surface area (Å²) in [7, 11) is 0. The van der Waals surface area contributed by atoms with Gasteiger partial charge in [0.15, 0.2) is 0 Å². The minimum atomic E-state index is -2.86. The van der Waals surface area contributed by atoms with Crippen molar-refractivity contribution in [1.82, 2.24) is 15.5 Å². The number of hydrogen-bond donors (Lipinski definition) is 2. The Morgan fingerprint density at radius 1 is 1.48 bits per heavy atom. The van der Waals surface area contributed by atoms with Crippen LogP contribution in [0.1, 0.15) is 31.4 Å². The largest absolute Gasteiger partial charge is 0.350 e. The van der Waals surface area contributed by atoms with Crippen LogP contribution in [0, 0.1) is 5.82 Å².